The van der Waals surface area contributed by atoms with Gasteiger partial charge in [0.1, 0.15) is 16.5 Å². The van der Waals surface area contributed by atoms with E-state index in [1.165, 1.54) is 12.1 Å². The quantitative estimate of drug-likeness (QED) is 0.192. The molecule has 1 unspecified atom stereocenters. The van der Waals surface area contributed by atoms with Crippen molar-refractivity contribution in [2.24, 2.45) is 0 Å². The van der Waals surface area contributed by atoms with Crippen LogP contribution in [0.1, 0.15) is 47.5 Å². The molecule has 5 rings (SSSR count). The number of alkyl halides is 3. The molecule has 1 saturated carbocycles. The average Bonchev–Trinajstić information content (AvgIpc) is 3.54. The van der Waals surface area contributed by atoms with E-state index >= 15 is 0 Å². The van der Waals surface area contributed by atoms with Gasteiger partial charge in [-0.3, -0.25) is 4.79 Å². The Morgan fingerprint density at radius 1 is 1.07 bits per heavy atom. The smallest absolute Gasteiger partial charge is 0.406 e. The highest BCUT2D eigenvalue weighted by Gasteiger charge is 2.52. The number of amides is 1. The maximum atomic E-state index is 12.7. The first-order chi connectivity index (χ1) is 19.8. The molecular formula is C28H22Cl2F3N3O5S. The van der Waals surface area contributed by atoms with Crippen molar-refractivity contribution in [2.75, 3.05) is 5.32 Å². The lowest BCUT2D eigenvalue weighted by Gasteiger charge is -2.17. The number of nitrogens with zero attached hydrogens (tertiary/aromatic N) is 2. The van der Waals surface area contributed by atoms with E-state index < -0.39 is 27.7 Å². The zero-order valence-electron chi connectivity index (χ0n) is 21.7. The number of halogens is 5. The second kappa shape index (κ2) is 11.6. The topological polar surface area (TPSA) is 111 Å². The van der Waals surface area contributed by atoms with Gasteiger partial charge in [0.25, 0.3) is 5.89 Å². The third-order valence-corrected chi connectivity index (χ3v) is 8.41. The molecule has 4 aromatic rings. The molecule has 42 heavy (non-hydrogen) atoms. The van der Waals surface area contributed by atoms with Crippen molar-refractivity contribution in [1.82, 2.24) is 10.1 Å². The van der Waals surface area contributed by atoms with Gasteiger partial charge >= 0.3 is 6.36 Å². The highest BCUT2D eigenvalue weighted by molar-refractivity contribution is 7.72. The molecule has 0 spiro atoms. The molecule has 1 aliphatic carbocycles. The summed E-state index contributed by atoms with van der Waals surface area (Å²) in [7, 11) is -2.59. The Morgan fingerprint density at radius 2 is 1.69 bits per heavy atom. The minimum Gasteiger partial charge on any atom is -0.406 e. The van der Waals surface area contributed by atoms with Gasteiger partial charge in [-0.2, -0.15) is 4.98 Å². The molecule has 1 heterocycles. The van der Waals surface area contributed by atoms with Gasteiger partial charge in [0, 0.05) is 26.9 Å². The summed E-state index contributed by atoms with van der Waals surface area (Å²) in [5.41, 5.74) is 1.99. The van der Waals surface area contributed by atoms with Crippen molar-refractivity contribution in [2.45, 2.75) is 43.2 Å². The zero-order chi connectivity index (χ0) is 30.2. The SMILES string of the molecule is CC(c1ccc(CC(=O)Nc2cc(Cl)c(C3(c4noc(-c5ccc(OC(F)(F)F)cc5)n4)CC3)c(Cl)c2)cc1)[SH](=O)=O. The number of hydrogen-bond donors (Lipinski definition) is 2. The normalized spacial score (nSPS) is 14.9. The van der Waals surface area contributed by atoms with Crippen LogP contribution in [-0.4, -0.2) is 30.8 Å². The Labute approximate surface area is 249 Å². The maximum absolute atomic E-state index is 12.7. The van der Waals surface area contributed by atoms with E-state index in [0.717, 1.165) is 12.1 Å². The number of rotatable bonds is 9. The highest BCUT2D eigenvalue weighted by atomic mass is 35.5. The van der Waals surface area contributed by atoms with Gasteiger partial charge in [0.15, 0.2) is 5.82 Å². The summed E-state index contributed by atoms with van der Waals surface area (Å²) in [6.07, 6.45) is -3.49. The summed E-state index contributed by atoms with van der Waals surface area (Å²) in [5.74, 6) is -0.262. The minimum absolute atomic E-state index is 0.0496. The number of thiol groups is 1. The molecule has 1 amide bonds. The van der Waals surface area contributed by atoms with Crippen LogP contribution in [0.4, 0.5) is 18.9 Å². The van der Waals surface area contributed by atoms with Crippen molar-refractivity contribution < 1.29 is 35.6 Å². The number of carbonyl (C=O) groups excluding carboxylic acids is 1. The number of anilines is 1. The van der Waals surface area contributed by atoms with Gasteiger partial charge < -0.3 is 14.6 Å². The fourth-order valence-electron chi connectivity index (χ4n) is 4.57. The van der Waals surface area contributed by atoms with Crippen LogP contribution in [0.15, 0.2) is 65.2 Å². The summed E-state index contributed by atoms with van der Waals surface area (Å²) in [6.45, 7) is 1.59. The molecule has 1 N–H and O–H groups in total. The number of ether oxygens (including phenoxy) is 1. The Hall–Kier alpha value is -3.61. The first-order valence-corrected chi connectivity index (χ1v) is 14.6. The molecule has 0 saturated heterocycles. The molecular weight excluding hydrogens is 618 g/mol. The summed E-state index contributed by atoms with van der Waals surface area (Å²) >= 11 is 13.3. The van der Waals surface area contributed by atoms with Crippen LogP contribution in [0.2, 0.25) is 10.0 Å². The van der Waals surface area contributed by atoms with Crippen molar-refractivity contribution >= 4 is 45.5 Å². The van der Waals surface area contributed by atoms with E-state index in [9.17, 15) is 26.4 Å². The number of carbonyl (C=O) groups is 1. The van der Waals surface area contributed by atoms with E-state index in [4.69, 9.17) is 27.7 Å². The fraction of sp³-hybridized carbons (Fsp3) is 0.250. The predicted octanol–water partition coefficient (Wildman–Crippen LogP) is 6.88. The molecule has 0 bridgehead atoms. The van der Waals surface area contributed by atoms with E-state index in [0.29, 0.717) is 56.7 Å². The molecule has 1 aliphatic rings. The second-order valence-corrected chi connectivity index (χ2v) is 12.0. The van der Waals surface area contributed by atoms with Crippen LogP contribution >= 0.6 is 23.2 Å². The Kier molecular flexibility index (Phi) is 8.23. The number of hydrogen-bond acceptors (Lipinski definition) is 7. The lowest BCUT2D eigenvalue weighted by Crippen LogP contribution is -2.16. The van der Waals surface area contributed by atoms with Crippen molar-refractivity contribution in [3.05, 3.63) is 93.2 Å². The lowest BCUT2D eigenvalue weighted by atomic mass is 9.94. The van der Waals surface area contributed by atoms with Crippen LogP contribution in [0.25, 0.3) is 11.5 Å². The monoisotopic (exact) mass is 639 g/mol. The highest BCUT2D eigenvalue weighted by Crippen LogP contribution is 2.57. The second-order valence-electron chi connectivity index (χ2n) is 9.82. The maximum Gasteiger partial charge on any atom is 0.573 e. The van der Waals surface area contributed by atoms with Crippen LogP contribution in [0, 0.1) is 0 Å². The van der Waals surface area contributed by atoms with Gasteiger partial charge in [0.2, 0.25) is 5.91 Å². The number of benzene rings is 3. The van der Waals surface area contributed by atoms with Gasteiger partial charge in [0.05, 0.1) is 17.1 Å². The van der Waals surface area contributed by atoms with Gasteiger partial charge in [-0.25, -0.2) is 8.42 Å². The molecule has 8 nitrogen and oxygen atoms in total. The summed E-state index contributed by atoms with van der Waals surface area (Å²) in [4.78, 5) is 17.1. The molecule has 1 aromatic heterocycles. The largest absolute Gasteiger partial charge is 0.573 e. The van der Waals surface area contributed by atoms with Crippen molar-refractivity contribution in [3.8, 4) is 17.2 Å². The standard InChI is InChI=1S/C28H22Cl2F3N3O5S/c1-15(42(38)39)17-4-2-16(3-5-17)12-23(37)34-19-13-21(29)24(22(30)14-19)27(10-11-27)26-35-25(41-36-26)18-6-8-20(9-7-18)40-28(31,32)33/h2-9,13-15,42H,10-12H2,1H3,(H,34,37). The first-order valence-electron chi connectivity index (χ1n) is 12.6. The van der Waals surface area contributed by atoms with Crippen LogP contribution in [0.5, 0.6) is 5.75 Å². The molecule has 14 heteroatoms. The van der Waals surface area contributed by atoms with Crippen molar-refractivity contribution in [3.63, 3.8) is 0 Å². The third-order valence-electron chi connectivity index (χ3n) is 6.89. The summed E-state index contributed by atoms with van der Waals surface area (Å²) in [6, 6.07) is 15.0. The molecule has 220 valence electrons. The Balaban J connectivity index is 1.29. The van der Waals surface area contributed by atoms with Crippen molar-refractivity contribution in [1.29, 1.82) is 0 Å². The van der Waals surface area contributed by atoms with Crippen LogP contribution < -0.4 is 10.1 Å². The lowest BCUT2D eigenvalue weighted by molar-refractivity contribution is -0.274. The molecule has 0 aliphatic heterocycles. The van der Waals surface area contributed by atoms with Gasteiger partial charge in [-0.1, -0.05) is 52.6 Å². The first kappa shape index (κ1) is 29.9. The number of nitrogens with one attached hydrogen (secondary N) is 1. The Bertz CT molecular complexity index is 1670. The van der Waals surface area contributed by atoms with E-state index in [1.807, 2.05) is 0 Å². The third kappa shape index (κ3) is 6.55. The van der Waals surface area contributed by atoms with E-state index in [-0.39, 0.29) is 24.0 Å². The molecule has 1 atom stereocenters. The molecule has 1 fully saturated rings. The Morgan fingerprint density at radius 3 is 2.24 bits per heavy atom. The molecule has 0 radical (unpaired) electrons. The minimum atomic E-state index is -4.80. The fourth-order valence-corrected chi connectivity index (χ4v) is 5.84. The van der Waals surface area contributed by atoms with Gasteiger partial charge in [-0.05, 0) is 67.3 Å². The van der Waals surface area contributed by atoms with Gasteiger partial charge in [-0.15, -0.1) is 13.2 Å². The van der Waals surface area contributed by atoms with E-state index in [2.05, 4.69) is 20.2 Å². The molecule has 3 aromatic carbocycles. The van der Waals surface area contributed by atoms with Crippen LogP contribution in [-0.2, 0) is 27.3 Å². The van der Waals surface area contributed by atoms with Crippen LogP contribution in [0.3, 0.4) is 0 Å². The zero-order valence-corrected chi connectivity index (χ0v) is 24.2. The summed E-state index contributed by atoms with van der Waals surface area (Å²) in [5, 5.41) is 6.84. The number of aromatic nitrogens is 2. The summed E-state index contributed by atoms with van der Waals surface area (Å²) < 4.78 is 69.0. The average molecular weight is 640 g/mol. The predicted molar refractivity (Wildman–Crippen MR) is 150 cm³/mol. The van der Waals surface area contributed by atoms with E-state index in [1.54, 1.807) is 43.3 Å².